The summed E-state index contributed by atoms with van der Waals surface area (Å²) in [4.78, 5) is 7.20. The van der Waals surface area contributed by atoms with Crippen LogP contribution in [0.3, 0.4) is 0 Å². The van der Waals surface area contributed by atoms with E-state index in [4.69, 9.17) is 17.2 Å². The number of fused-ring (bicyclic) bond motifs is 1. The lowest BCUT2D eigenvalue weighted by molar-refractivity contribution is 0.348. The van der Waals surface area contributed by atoms with Crippen LogP contribution in [0.5, 0.6) is 0 Å². The molecule has 0 atom stereocenters. The van der Waals surface area contributed by atoms with Crippen molar-refractivity contribution in [1.29, 1.82) is 0 Å². The number of aliphatic imine (C=N–C) groups is 1. The van der Waals surface area contributed by atoms with Gasteiger partial charge in [-0.2, -0.15) is 0 Å². The predicted molar refractivity (Wildman–Crippen MR) is 119 cm³/mol. The highest BCUT2D eigenvalue weighted by Gasteiger charge is 2.32. The van der Waals surface area contributed by atoms with Gasteiger partial charge in [-0.25, -0.2) is 4.99 Å². The Morgan fingerprint density at radius 1 is 1.32 bits per heavy atom. The van der Waals surface area contributed by atoms with Gasteiger partial charge in [0, 0.05) is 23.4 Å². The molecule has 0 spiro atoms. The highest BCUT2D eigenvalue weighted by atomic mass is 32.2. The van der Waals surface area contributed by atoms with Crippen molar-refractivity contribution in [2.75, 3.05) is 18.1 Å². The minimum absolute atomic E-state index is 0.210. The molecule has 0 amide bonds. The van der Waals surface area contributed by atoms with Crippen LogP contribution in [0.4, 0.5) is 5.69 Å². The Labute approximate surface area is 163 Å². The number of thiocarbonyl (C=S) groups is 1. The van der Waals surface area contributed by atoms with Crippen LogP contribution in [0.2, 0.25) is 0 Å². The summed E-state index contributed by atoms with van der Waals surface area (Å²) in [5.41, 5.74) is 1.21. The minimum atomic E-state index is 0.210. The van der Waals surface area contributed by atoms with E-state index in [0.717, 1.165) is 33.2 Å². The zero-order valence-corrected chi connectivity index (χ0v) is 17.0. The number of rotatable bonds is 3. The molecule has 0 aliphatic carbocycles. The molecule has 0 aromatic heterocycles. The molecule has 3 rings (SSSR count). The molecule has 2 aromatic rings. The lowest BCUT2D eigenvalue weighted by Gasteiger charge is -2.39. The van der Waals surface area contributed by atoms with Crippen LogP contribution < -0.4 is 0 Å². The fourth-order valence-corrected chi connectivity index (χ4v) is 4.86. The van der Waals surface area contributed by atoms with Crippen molar-refractivity contribution in [3.05, 3.63) is 55.1 Å². The van der Waals surface area contributed by atoms with Gasteiger partial charge in [-0.15, -0.1) is 6.58 Å². The largest absolute Gasteiger partial charge is 0.306 e. The summed E-state index contributed by atoms with van der Waals surface area (Å²) in [6, 6.07) is 14.6. The molecule has 1 aliphatic rings. The van der Waals surface area contributed by atoms with E-state index < -0.39 is 0 Å². The number of hydrogen-bond donors (Lipinski definition) is 0. The van der Waals surface area contributed by atoms with Gasteiger partial charge in [0.25, 0.3) is 0 Å². The van der Waals surface area contributed by atoms with Crippen LogP contribution in [0.15, 0.2) is 60.1 Å². The third kappa shape index (κ3) is 4.46. The Morgan fingerprint density at radius 2 is 2.08 bits per heavy atom. The van der Waals surface area contributed by atoms with Crippen molar-refractivity contribution < 1.29 is 0 Å². The lowest BCUT2D eigenvalue weighted by atomic mass is 9.96. The molecule has 0 unspecified atom stereocenters. The first-order valence-corrected chi connectivity index (χ1v) is 10.6. The number of thioether (sulfide) groups is 2. The molecule has 130 valence electrons. The molecule has 1 heterocycles. The summed E-state index contributed by atoms with van der Waals surface area (Å²) in [6.45, 7) is 9.25. The Morgan fingerprint density at radius 3 is 2.88 bits per heavy atom. The maximum Gasteiger partial charge on any atom is 0.169 e. The van der Waals surface area contributed by atoms with Crippen LogP contribution in [-0.4, -0.2) is 32.4 Å². The molecule has 0 N–H and O–H groups in total. The zero-order chi connectivity index (χ0) is 17.9. The van der Waals surface area contributed by atoms with Crippen LogP contribution in [-0.2, 0) is 0 Å². The molecule has 1 saturated heterocycles. The van der Waals surface area contributed by atoms with Crippen molar-refractivity contribution in [2.45, 2.75) is 13.8 Å². The summed E-state index contributed by atoms with van der Waals surface area (Å²) < 4.78 is 0.874. The normalized spacial score (nSPS) is 18.5. The van der Waals surface area contributed by atoms with Gasteiger partial charge in [-0.05, 0) is 16.9 Å². The van der Waals surface area contributed by atoms with Gasteiger partial charge >= 0.3 is 0 Å². The fraction of sp³-hybridized carbons (Fsp3) is 0.300. The third-order valence-corrected chi connectivity index (χ3v) is 6.88. The molecule has 0 radical (unpaired) electrons. The van der Waals surface area contributed by atoms with Gasteiger partial charge in [-0.1, -0.05) is 92.1 Å². The Bertz CT molecular complexity index is 821. The average Bonchev–Trinajstić information content (AvgIpc) is 2.61. The standard InChI is InChI=1S/C20H22N2S3/c1-4-12-24-19(23)22-13-20(2,3)14-25-18(22)21-17-11-7-9-15-8-5-6-10-16(15)17/h4-11H,1,12-14H2,2-3H3. The van der Waals surface area contributed by atoms with Gasteiger partial charge in [-0.3, -0.25) is 0 Å². The molecule has 0 saturated carbocycles. The van der Waals surface area contributed by atoms with E-state index in [2.05, 4.69) is 67.8 Å². The van der Waals surface area contributed by atoms with Crippen LogP contribution >= 0.6 is 35.7 Å². The summed E-state index contributed by atoms with van der Waals surface area (Å²) in [5, 5.41) is 3.38. The maximum absolute atomic E-state index is 5.68. The minimum Gasteiger partial charge on any atom is -0.306 e. The van der Waals surface area contributed by atoms with Gasteiger partial charge in [0.1, 0.15) is 4.32 Å². The quantitative estimate of drug-likeness (QED) is 0.467. The van der Waals surface area contributed by atoms with Crippen molar-refractivity contribution in [2.24, 2.45) is 10.4 Å². The number of benzene rings is 2. The third-order valence-electron chi connectivity index (χ3n) is 3.94. The number of nitrogens with zero attached hydrogens (tertiary/aromatic N) is 2. The zero-order valence-electron chi connectivity index (χ0n) is 14.6. The van der Waals surface area contributed by atoms with Gasteiger partial charge < -0.3 is 4.90 Å². The smallest absolute Gasteiger partial charge is 0.169 e. The first kappa shape index (κ1) is 18.5. The monoisotopic (exact) mass is 386 g/mol. The lowest BCUT2D eigenvalue weighted by Crippen LogP contribution is -2.45. The molecule has 5 heteroatoms. The van der Waals surface area contributed by atoms with Crippen molar-refractivity contribution in [3.8, 4) is 0 Å². The summed E-state index contributed by atoms with van der Waals surface area (Å²) >= 11 is 9.12. The predicted octanol–water partition coefficient (Wildman–Crippen LogP) is 6.11. The summed E-state index contributed by atoms with van der Waals surface area (Å²) in [5.74, 6) is 1.86. The Balaban J connectivity index is 1.98. The molecule has 2 nitrogen and oxygen atoms in total. The van der Waals surface area contributed by atoms with Crippen LogP contribution in [0.1, 0.15) is 13.8 Å². The Kier molecular flexibility index (Phi) is 5.87. The molecule has 1 fully saturated rings. The fourth-order valence-electron chi connectivity index (χ4n) is 2.73. The van der Waals surface area contributed by atoms with E-state index in [1.165, 1.54) is 10.8 Å². The molecular weight excluding hydrogens is 364 g/mol. The SMILES string of the molecule is C=CCSC(=S)N1CC(C)(C)CSC1=Nc1cccc2ccccc12. The number of amidine groups is 1. The van der Waals surface area contributed by atoms with E-state index in [9.17, 15) is 0 Å². The molecular formula is C20H22N2S3. The maximum atomic E-state index is 5.68. The van der Waals surface area contributed by atoms with E-state index >= 15 is 0 Å². The highest BCUT2D eigenvalue weighted by Crippen LogP contribution is 2.35. The van der Waals surface area contributed by atoms with Crippen molar-refractivity contribution >= 4 is 61.7 Å². The first-order chi connectivity index (χ1) is 12.0. The van der Waals surface area contributed by atoms with Crippen LogP contribution in [0.25, 0.3) is 10.8 Å². The second-order valence-corrected chi connectivity index (χ2v) is 9.39. The average molecular weight is 387 g/mol. The molecule has 0 bridgehead atoms. The molecule has 25 heavy (non-hydrogen) atoms. The van der Waals surface area contributed by atoms with Crippen molar-refractivity contribution in [3.63, 3.8) is 0 Å². The van der Waals surface area contributed by atoms with Gasteiger partial charge in [0.15, 0.2) is 5.17 Å². The highest BCUT2D eigenvalue weighted by molar-refractivity contribution is 8.23. The second kappa shape index (κ2) is 7.94. The van der Waals surface area contributed by atoms with Gasteiger partial charge in [0.2, 0.25) is 0 Å². The molecule has 1 aliphatic heterocycles. The second-order valence-electron chi connectivity index (χ2n) is 6.80. The van der Waals surface area contributed by atoms with Crippen molar-refractivity contribution in [1.82, 2.24) is 4.90 Å². The van der Waals surface area contributed by atoms with E-state index in [1.54, 1.807) is 23.5 Å². The molecule has 2 aromatic carbocycles. The Hall–Kier alpha value is -1.30. The van der Waals surface area contributed by atoms with Gasteiger partial charge in [0.05, 0.1) is 5.69 Å². The van der Waals surface area contributed by atoms with E-state index in [1.807, 2.05) is 6.08 Å². The topological polar surface area (TPSA) is 15.6 Å². The summed E-state index contributed by atoms with van der Waals surface area (Å²) in [6.07, 6.45) is 1.89. The van der Waals surface area contributed by atoms with E-state index in [0.29, 0.717) is 0 Å². The van der Waals surface area contributed by atoms with E-state index in [-0.39, 0.29) is 5.41 Å². The number of hydrogen-bond acceptors (Lipinski definition) is 4. The van der Waals surface area contributed by atoms with Crippen LogP contribution in [0, 0.1) is 5.41 Å². The first-order valence-electron chi connectivity index (χ1n) is 8.25. The summed E-state index contributed by atoms with van der Waals surface area (Å²) in [7, 11) is 0.